The van der Waals surface area contributed by atoms with Crippen LogP contribution in [-0.2, 0) is 0 Å². The fourth-order valence-corrected chi connectivity index (χ4v) is 4.11. The van der Waals surface area contributed by atoms with E-state index in [1.165, 1.54) is 64.2 Å². The number of terminal acetylenes is 1. The molecule has 0 aliphatic heterocycles. The third kappa shape index (κ3) is 3.51. The van der Waals surface area contributed by atoms with Crippen molar-refractivity contribution in [2.24, 2.45) is 23.7 Å². The van der Waals surface area contributed by atoms with Crippen LogP contribution < -0.4 is 0 Å². The van der Waals surface area contributed by atoms with E-state index in [2.05, 4.69) is 12.8 Å². The molecule has 0 aromatic heterocycles. The molecule has 2 saturated carbocycles. The number of rotatable bonds is 3. The van der Waals surface area contributed by atoms with Crippen molar-refractivity contribution in [1.82, 2.24) is 0 Å². The van der Waals surface area contributed by atoms with Crippen molar-refractivity contribution in [3.63, 3.8) is 0 Å². The lowest BCUT2D eigenvalue weighted by Gasteiger charge is -2.37. The van der Waals surface area contributed by atoms with Gasteiger partial charge in [0.2, 0.25) is 0 Å². The van der Waals surface area contributed by atoms with Crippen LogP contribution in [0.5, 0.6) is 0 Å². The SMILES string of the molecule is C#CC1CCC(C2CCC(CCC)CC2)CC1. The average molecular weight is 232 g/mol. The van der Waals surface area contributed by atoms with Gasteiger partial charge in [0.15, 0.2) is 0 Å². The van der Waals surface area contributed by atoms with E-state index in [1.807, 2.05) is 0 Å². The predicted molar refractivity (Wildman–Crippen MR) is 74.6 cm³/mol. The van der Waals surface area contributed by atoms with Gasteiger partial charge in [0.1, 0.15) is 0 Å². The minimum Gasteiger partial charge on any atom is -0.120 e. The molecule has 0 atom stereocenters. The van der Waals surface area contributed by atoms with E-state index in [1.54, 1.807) is 0 Å². The van der Waals surface area contributed by atoms with Gasteiger partial charge >= 0.3 is 0 Å². The summed E-state index contributed by atoms with van der Waals surface area (Å²) in [5, 5.41) is 0. The molecule has 0 N–H and O–H groups in total. The standard InChI is InChI=1S/C17H28/c1-3-5-15-8-12-17(13-9-15)16-10-6-14(4-2)7-11-16/h2,14-17H,3,5-13H2,1H3. The summed E-state index contributed by atoms with van der Waals surface area (Å²) in [5.41, 5.74) is 0. The minimum atomic E-state index is 0.600. The second kappa shape index (κ2) is 6.48. The first-order valence-electron chi connectivity index (χ1n) is 7.79. The van der Waals surface area contributed by atoms with Crippen LogP contribution in [0.4, 0.5) is 0 Å². The molecule has 0 heteroatoms. The lowest BCUT2D eigenvalue weighted by atomic mass is 9.69. The highest BCUT2D eigenvalue weighted by molar-refractivity contribution is 4.96. The highest BCUT2D eigenvalue weighted by Gasteiger charge is 2.29. The van der Waals surface area contributed by atoms with Gasteiger partial charge in [-0.25, -0.2) is 0 Å². The molecule has 96 valence electrons. The number of hydrogen-bond acceptors (Lipinski definition) is 0. The van der Waals surface area contributed by atoms with E-state index in [4.69, 9.17) is 6.42 Å². The Kier molecular flexibility index (Phi) is 4.96. The first-order chi connectivity index (χ1) is 8.33. The average Bonchev–Trinajstić information content (AvgIpc) is 2.40. The van der Waals surface area contributed by atoms with Gasteiger partial charge in [-0.1, -0.05) is 32.6 Å². The molecular formula is C17H28. The van der Waals surface area contributed by atoms with Gasteiger partial charge in [-0.3, -0.25) is 0 Å². The summed E-state index contributed by atoms with van der Waals surface area (Å²) in [6.07, 6.45) is 19.8. The molecular weight excluding hydrogens is 204 g/mol. The first-order valence-corrected chi connectivity index (χ1v) is 7.79. The second-order valence-corrected chi connectivity index (χ2v) is 6.35. The third-order valence-electron chi connectivity index (χ3n) is 5.26. The molecule has 0 unspecified atom stereocenters. The zero-order valence-electron chi connectivity index (χ0n) is 11.5. The van der Waals surface area contributed by atoms with Crippen molar-refractivity contribution in [2.45, 2.75) is 71.1 Å². The maximum Gasteiger partial charge on any atom is 0.0200 e. The van der Waals surface area contributed by atoms with Crippen LogP contribution in [-0.4, -0.2) is 0 Å². The van der Waals surface area contributed by atoms with E-state index in [0.29, 0.717) is 5.92 Å². The Hall–Kier alpha value is -0.440. The fraction of sp³-hybridized carbons (Fsp3) is 0.882. The first kappa shape index (κ1) is 13.0. The van der Waals surface area contributed by atoms with Crippen LogP contribution in [0.3, 0.4) is 0 Å². The second-order valence-electron chi connectivity index (χ2n) is 6.35. The van der Waals surface area contributed by atoms with Crippen LogP contribution >= 0.6 is 0 Å². The highest BCUT2D eigenvalue weighted by Crippen LogP contribution is 2.41. The Morgan fingerprint density at radius 3 is 1.88 bits per heavy atom. The van der Waals surface area contributed by atoms with E-state index in [-0.39, 0.29) is 0 Å². The normalized spacial score (nSPS) is 38.6. The maximum atomic E-state index is 5.53. The molecule has 0 bridgehead atoms. The van der Waals surface area contributed by atoms with Crippen molar-refractivity contribution < 1.29 is 0 Å². The van der Waals surface area contributed by atoms with Crippen molar-refractivity contribution in [3.8, 4) is 12.3 Å². The van der Waals surface area contributed by atoms with E-state index >= 15 is 0 Å². The van der Waals surface area contributed by atoms with Crippen molar-refractivity contribution >= 4 is 0 Å². The van der Waals surface area contributed by atoms with E-state index in [0.717, 1.165) is 17.8 Å². The molecule has 17 heavy (non-hydrogen) atoms. The molecule has 0 amide bonds. The molecule has 0 saturated heterocycles. The third-order valence-corrected chi connectivity index (χ3v) is 5.26. The predicted octanol–water partition coefficient (Wildman–Crippen LogP) is 5.03. The van der Waals surface area contributed by atoms with Gasteiger partial charge < -0.3 is 0 Å². The zero-order chi connectivity index (χ0) is 12.1. The van der Waals surface area contributed by atoms with E-state index in [9.17, 15) is 0 Å². The summed E-state index contributed by atoms with van der Waals surface area (Å²) < 4.78 is 0. The zero-order valence-corrected chi connectivity index (χ0v) is 11.5. The van der Waals surface area contributed by atoms with Crippen LogP contribution in [0.15, 0.2) is 0 Å². The van der Waals surface area contributed by atoms with Gasteiger partial charge in [-0.15, -0.1) is 12.3 Å². The summed E-state index contributed by atoms with van der Waals surface area (Å²) >= 11 is 0. The molecule has 2 aliphatic rings. The van der Waals surface area contributed by atoms with Crippen molar-refractivity contribution in [3.05, 3.63) is 0 Å². The number of hydrogen-bond donors (Lipinski definition) is 0. The quantitative estimate of drug-likeness (QED) is 0.598. The Bertz CT molecular complexity index is 244. The van der Waals surface area contributed by atoms with E-state index < -0.39 is 0 Å². The molecule has 0 nitrogen and oxygen atoms in total. The molecule has 2 rings (SSSR count). The monoisotopic (exact) mass is 232 g/mol. The highest BCUT2D eigenvalue weighted by atomic mass is 14.3. The lowest BCUT2D eigenvalue weighted by molar-refractivity contribution is 0.154. The van der Waals surface area contributed by atoms with Crippen molar-refractivity contribution in [2.75, 3.05) is 0 Å². The molecule has 2 aliphatic carbocycles. The Morgan fingerprint density at radius 1 is 0.882 bits per heavy atom. The molecule has 0 aromatic rings. The van der Waals surface area contributed by atoms with Crippen LogP contribution in [0, 0.1) is 36.0 Å². The molecule has 0 radical (unpaired) electrons. The largest absolute Gasteiger partial charge is 0.120 e. The van der Waals surface area contributed by atoms with Gasteiger partial charge in [-0.2, -0.15) is 0 Å². The molecule has 0 aromatic carbocycles. The Morgan fingerprint density at radius 2 is 1.41 bits per heavy atom. The topological polar surface area (TPSA) is 0 Å². The van der Waals surface area contributed by atoms with Crippen molar-refractivity contribution in [1.29, 1.82) is 0 Å². The molecule has 2 fully saturated rings. The van der Waals surface area contributed by atoms with Gasteiger partial charge in [0.25, 0.3) is 0 Å². The summed E-state index contributed by atoms with van der Waals surface area (Å²) in [6.45, 7) is 2.33. The fourth-order valence-electron chi connectivity index (χ4n) is 4.11. The Labute approximate surface area is 108 Å². The van der Waals surface area contributed by atoms with Gasteiger partial charge in [0, 0.05) is 5.92 Å². The van der Waals surface area contributed by atoms with Crippen LogP contribution in [0.25, 0.3) is 0 Å². The lowest BCUT2D eigenvalue weighted by Crippen LogP contribution is -2.25. The summed E-state index contributed by atoms with van der Waals surface area (Å²) in [4.78, 5) is 0. The maximum absolute atomic E-state index is 5.53. The van der Waals surface area contributed by atoms with Crippen LogP contribution in [0.1, 0.15) is 71.1 Å². The molecule has 0 spiro atoms. The summed E-state index contributed by atoms with van der Waals surface area (Å²) in [7, 11) is 0. The molecule has 0 heterocycles. The van der Waals surface area contributed by atoms with Gasteiger partial charge in [0.05, 0.1) is 0 Å². The van der Waals surface area contributed by atoms with Gasteiger partial charge in [-0.05, 0) is 56.3 Å². The van der Waals surface area contributed by atoms with Crippen LogP contribution in [0.2, 0.25) is 0 Å². The summed E-state index contributed by atoms with van der Waals surface area (Å²) in [6, 6.07) is 0. The minimum absolute atomic E-state index is 0.600. The Balaban J connectivity index is 1.72. The summed E-state index contributed by atoms with van der Waals surface area (Å²) in [5.74, 6) is 6.66. The smallest absolute Gasteiger partial charge is 0.0200 e.